The number of carbonyl (C=O) groups is 3. The van der Waals surface area contributed by atoms with Crippen LogP contribution in [0.5, 0.6) is 11.5 Å². The zero-order valence-electron chi connectivity index (χ0n) is 31.4. The molecular weight excluding hydrogens is 612 g/mol. The summed E-state index contributed by atoms with van der Waals surface area (Å²) < 4.78 is 0. The molecule has 1 unspecified atom stereocenters. The Labute approximate surface area is 294 Å². The predicted octanol–water partition coefficient (Wildman–Crippen LogP) is 10.5. The smallest absolute Gasteiger partial charge is 0.184 e. The van der Waals surface area contributed by atoms with Crippen molar-refractivity contribution in [1.29, 1.82) is 0 Å². The van der Waals surface area contributed by atoms with Crippen molar-refractivity contribution in [3.63, 3.8) is 0 Å². The Balaban J connectivity index is 2.55. The van der Waals surface area contributed by atoms with Crippen molar-refractivity contribution in [1.82, 2.24) is 0 Å². The molecule has 49 heavy (non-hydrogen) atoms. The van der Waals surface area contributed by atoms with Gasteiger partial charge in [-0.3, -0.25) is 14.4 Å². The maximum absolute atomic E-state index is 15.7. The topological polar surface area (TPSA) is 112 Å². The van der Waals surface area contributed by atoms with Crippen LogP contribution in [-0.2, 0) is 14.4 Å². The molecule has 1 aromatic carbocycles. The first-order chi connectivity index (χ1) is 22.7. The van der Waals surface area contributed by atoms with E-state index in [0.29, 0.717) is 25.7 Å². The van der Waals surface area contributed by atoms with Crippen molar-refractivity contribution in [3.8, 4) is 11.5 Å². The second-order valence-electron chi connectivity index (χ2n) is 15.8. The fraction of sp³-hybridized carbons (Fsp3) is 0.512. The van der Waals surface area contributed by atoms with Gasteiger partial charge in [-0.2, -0.15) is 0 Å². The van der Waals surface area contributed by atoms with Crippen LogP contribution in [0.15, 0.2) is 82.5 Å². The Morgan fingerprint density at radius 2 is 1.45 bits per heavy atom. The maximum Gasteiger partial charge on any atom is 0.184 e. The van der Waals surface area contributed by atoms with Crippen LogP contribution < -0.4 is 0 Å². The van der Waals surface area contributed by atoms with Crippen molar-refractivity contribution in [3.05, 3.63) is 88.1 Å². The number of hydrogen-bond acceptors (Lipinski definition) is 6. The molecule has 0 aliphatic heterocycles. The number of phenols is 2. The predicted molar refractivity (Wildman–Crippen MR) is 199 cm³/mol. The van der Waals surface area contributed by atoms with Gasteiger partial charge >= 0.3 is 0 Å². The number of aliphatic hydroxyl groups excluding tert-OH is 1. The summed E-state index contributed by atoms with van der Waals surface area (Å²) in [7, 11) is 0. The SMILES string of the molecule is C=C(C)C(CC=C(C)C)C[C@]12C[C@H](CC=C(C)C)[C@@](C)(CCC=C(C)C)[C@](CC=C(C)C)(C(=O)/C(=C(/O)c3ccc(O)c(O)c3)C1=O)C2=O. The Morgan fingerprint density at radius 3 is 1.98 bits per heavy atom. The molecule has 1 aromatic rings. The molecule has 6 nitrogen and oxygen atoms in total. The van der Waals surface area contributed by atoms with Gasteiger partial charge in [0.1, 0.15) is 16.7 Å². The summed E-state index contributed by atoms with van der Waals surface area (Å²) >= 11 is 0. The van der Waals surface area contributed by atoms with Crippen molar-refractivity contribution in [2.75, 3.05) is 0 Å². The third kappa shape index (κ3) is 7.64. The quantitative estimate of drug-likeness (QED) is 0.0481. The number of phenolic OH excluding ortho intramolecular Hbond substituents is 2. The normalized spacial score (nSPS) is 26.4. The Morgan fingerprint density at radius 1 is 0.857 bits per heavy atom. The lowest BCUT2D eigenvalue weighted by Gasteiger charge is -2.62. The van der Waals surface area contributed by atoms with Gasteiger partial charge in [-0.05, 0) is 143 Å². The van der Waals surface area contributed by atoms with Crippen LogP contribution in [0.25, 0.3) is 5.76 Å². The Hall–Kier alpha value is -3.93. The molecule has 3 N–H and O–H groups in total. The van der Waals surface area contributed by atoms with Crippen molar-refractivity contribution in [2.24, 2.45) is 28.1 Å². The highest BCUT2D eigenvalue weighted by molar-refractivity contribution is 6.41. The molecule has 2 saturated carbocycles. The van der Waals surface area contributed by atoms with Gasteiger partial charge < -0.3 is 15.3 Å². The summed E-state index contributed by atoms with van der Waals surface area (Å²) in [5.74, 6) is -3.59. The fourth-order valence-corrected chi connectivity index (χ4v) is 8.00. The Bertz CT molecular complexity index is 1650. The molecule has 5 atom stereocenters. The molecule has 0 saturated heterocycles. The summed E-state index contributed by atoms with van der Waals surface area (Å²) in [5, 5.41) is 32.2. The zero-order valence-corrected chi connectivity index (χ0v) is 31.4. The summed E-state index contributed by atoms with van der Waals surface area (Å²) in [6, 6.07) is 3.70. The van der Waals surface area contributed by atoms with E-state index in [1.807, 2.05) is 75.3 Å². The van der Waals surface area contributed by atoms with Crippen LogP contribution in [0.3, 0.4) is 0 Å². The van der Waals surface area contributed by atoms with E-state index < -0.39 is 50.6 Å². The van der Waals surface area contributed by atoms with E-state index in [-0.39, 0.29) is 42.4 Å². The molecule has 3 rings (SSSR count). The number of benzene rings is 1. The molecule has 2 fully saturated rings. The second-order valence-corrected chi connectivity index (χ2v) is 15.8. The number of fused-ring (bicyclic) bond motifs is 2. The second kappa shape index (κ2) is 15.3. The first-order valence-corrected chi connectivity index (χ1v) is 17.5. The van der Waals surface area contributed by atoms with Crippen LogP contribution in [0.1, 0.15) is 120 Å². The minimum absolute atomic E-state index is 0.0141. The molecule has 2 aliphatic carbocycles. The van der Waals surface area contributed by atoms with Gasteiger partial charge in [-0.25, -0.2) is 0 Å². The minimum Gasteiger partial charge on any atom is -0.506 e. The van der Waals surface area contributed by atoms with E-state index >= 15 is 14.4 Å². The van der Waals surface area contributed by atoms with Crippen LogP contribution in [0, 0.1) is 28.1 Å². The summed E-state index contributed by atoms with van der Waals surface area (Å²) in [4.78, 5) is 46.2. The number of rotatable bonds is 13. The number of Topliss-reactive ketones (excluding diaryl/α,β-unsaturated/α-hetero) is 3. The van der Waals surface area contributed by atoms with E-state index in [9.17, 15) is 15.3 Å². The van der Waals surface area contributed by atoms with Crippen molar-refractivity contribution in [2.45, 2.75) is 114 Å². The minimum atomic E-state index is -1.65. The monoisotopic (exact) mass is 670 g/mol. The molecule has 0 spiro atoms. The van der Waals surface area contributed by atoms with Crippen LogP contribution in [0.2, 0.25) is 0 Å². The molecule has 266 valence electrons. The number of carbonyl (C=O) groups excluding carboxylic acids is 3. The number of aliphatic hydroxyl groups is 1. The molecule has 0 heterocycles. The standard InChI is InChI=1S/C43H58O6/c1-26(2)13-12-21-41(11)33(18-15-28(5)6)25-42(24-32(30(9)10)16-14-27(3)4)38(47)36(37(46)31-17-19-34(44)35(45)23-31)39(48)43(41,40(42)49)22-20-29(7)8/h13-15,17,19-20,23,32-33,44-46H,9,12,16,18,21-22,24-25H2,1-8,10-11H3/b37-36+/t32?,33-,41+,42-,43+/m0/s1. The van der Waals surface area contributed by atoms with Gasteiger partial charge in [0, 0.05) is 5.56 Å². The maximum atomic E-state index is 15.7. The van der Waals surface area contributed by atoms with Crippen molar-refractivity contribution < 1.29 is 29.7 Å². The van der Waals surface area contributed by atoms with Crippen LogP contribution >= 0.6 is 0 Å². The number of aromatic hydroxyl groups is 2. The van der Waals surface area contributed by atoms with Crippen molar-refractivity contribution >= 4 is 23.1 Å². The highest BCUT2D eigenvalue weighted by Gasteiger charge is 2.74. The Kier molecular flexibility index (Phi) is 12.3. The summed E-state index contributed by atoms with van der Waals surface area (Å²) in [5.41, 5.74) is 0.643. The highest BCUT2D eigenvalue weighted by atomic mass is 16.3. The van der Waals surface area contributed by atoms with Crippen LogP contribution in [0.4, 0.5) is 0 Å². The van der Waals surface area contributed by atoms with E-state index in [4.69, 9.17) is 0 Å². The van der Waals surface area contributed by atoms with Gasteiger partial charge in [0.15, 0.2) is 28.8 Å². The average molecular weight is 671 g/mol. The molecular formula is C43H58O6. The fourth-order valence-electron chi connectivity index (χ4n) is 8.00. The van der Waals surface area contributed by atoms with E-state index in [0.717, 1.165) is 33.9 Å². The molecule has 0 aromatic heterocycles. The molecule has 2 bridgehead atoms. The lowest BCUT2D eigenvalue weighted by molar-refractivity contribution is -0.180. The average Bonchev–Trinajstić information content (AvgIpc) is 3.00. The van der Waals surface area contributed by atoms with Gasteiger partial charge in [-0.1, -0.05) is 65.7 Å². The molecule has 0 amide bonds. The number of ketones is 3. The molecule has 2 aliphatic rings. The lowest BCUT2D eigenvalue weighted by atomic mass is 9.37. The first-order valence-electron chi connectivity index (χ1n) is 17.5. The first kappa shape index (κ1) is 39.5. The molecule has 0 radical (unpaired) electrons. The van der Waals surface area contributed by atoms with Gasteiger partial charge in [0.2, 0.25) is 0 Å². The largest absolute Gasteiger partial charge is 0.506 e. The number of allylic oxidation sites excluding steroid dienone is 10. The van der Waals surface area contributed by atoms with Gasteiger partial charge in [0.05, 0.1) is 5.41 Å². The van der Waals surface area contributed by atoms with E-state index in [2.05, 4.69) is 24.8 Å². The van der Waals surface area contributed by atoms with Crippen LogP contribution in [-0.4, -0.2) is 32.7 Å². The third-order valence-electron chi connectivity index (χ3n) is 11.0. The molecule has 6 heteroatoms. The van der Waals surface area contributed by atoms with E-state index in [1.54, 1.807) is 0 Å². The van der Waals surface area contributed by atoms with E-state index in [1.165, 1.54) is 12.1 Å². The third-order valence-corrected chi connectivity index (χ3v) is 11.0. The van der Waals surface area contributed by atoms with Gasteiger partial charge in [0.25, 0.3) is 0 Å². The van der Waals surface area contributed by atoms with Gasteiger partial charge in [-0.15, -0.1) is 0 Å². The summed E-state index contributed by atoms with van der Waals surface area (Å²) in [6.45, 7) is 24.2. The summed E-state index contributed by atoms with van der Waals surface area (Å²) in [6.07, 6.45) is 11.2. The zero-order chi connectivity index (χ0) is 37.1. The highest BCUT2D eigenvalue weighted by Crippen LogP contribution is 2.67. The number of hydrogen-bond donors (Lipinski definition) is 3. The lowest BCUT2D eigenvalue weighted by Crippen LogP contribution is -2.70.